The molecule has 0 fully saturated rings. The van der Waals surface area contributed by atoms with Crippen LogP contribution in [0.1, 0.15) is 24.5 Å². The van der Waals surface area contributed by atoms with E-state index in [1.807, 2.05) is 19.3 Å². The summed E-state index contributed by atoms with van der Waals surface area (Å²) in [5.41, 5.74) is 1.94. The van der Waals surface area contributed by atoms with E-state index in [9.17, 15) is 4.39 Å². The highest BCUT2D eigenvalue weighted by molar-refractivity contribution is 5.35. The number of rotatable bonds is 8. The predicted molar refractivity (Wildman–Crippen MR) is 80.8 cm³/mol. The number of benzene rings is 1. The van der Waals surface area contributed by atoms with E-state index in [1.54, 1.807) is 16.9 Å². The largest absolute Gasteiger partial charge is 0.490 e. The number of halogens is 1. The molecule has 0 radical (unpaired) electrons. The summed E-state index contributed by atoms with van der Waals surface area (Å²) in [6.45, 7) is 4.07. The Balaban J connectivity index is 1.94. The third-order valence-electron chi connectivity index (χ3n) is 3.19. The lowest BCUT2D eigenvalue weighted by Gasteiger charge is -2.12. The van der Waals surface area contributed by atoms with E-state index >= 15 is 0 Å². The zero-order chi connectivity index (χ0) is 15.1. The monoisotopic (exact) mass is 291 g/mol. The van der Waals surface area contributed by atoms with Gasteiger partial charge in [-0.3, -0.25) is 4.68 Å². The molecule has 21 heavy (non-hydrogen) atoms. The maximum absolute atomic E-state index is 13.9. The van der Waals surface area contributed by atoms with Crippen LogP contribution in [0.25, 0.3) is 0 Å². The van der Waals surface area contributed by atoms with E-state index < -0.39 is 0 Å². The Kier molecular flexibility index (Phi) is 5.75. The van der Waals surface area contributed by atoms with Gasteiger partial charge in [0.15, 0.2) is 11.6 Å². The maximum Gasteiger partial charge on any atom is 0.165 e. The zero-order valence-corrected chi connectivity index (χ0v) is 12.6. The Morgan fingerprint density at radius 3 is 2.95 bits per heavy atom. The lowest BCUT2D eigenvalue weighted by atomic mass is 10.2. The molecule has 0 unspecified atom stereocenters. The van der Waals surface area contributed by atoms with Crippen molar-refractivity contribution >= 4 is 0 Å². The first-order chi connectivity index (χ1) is 10.2. The van der Waals surface area contributed by atoms with Gasteiger partial charge in [0.25, 0.3) is 0 Å². The van der Waals surface area contributed by atoms with Crippen molar-refractivity contribution < 1.29 is 9.13 Å². The van der Waals surface area contributed by atoms with Crippen LogP contribution in [0.5, 0.6) is 5.75 Å². The van der Waals surface area contributed by atoms with Gasteiger partial charge in [0.05, 0.1) is 12.8 Å². The van der Waals surface area contributed by atoms with Crippen molar-refractivity contribution in [3.05, 3.63) is 47.5 Å². The van der Waals surface area contributed by atoms with Crippen LogP contribution in [0.4, 0.5) is 4.39 Å². The molecule has 0 saturated carbocycles. The second kappa shape index (κ2) is 7.78. The highest BCUT2D eigenvalue weighted by Crippen LogP contribution is 2.22. The van der Waals surface area contributed by atoms with E-state index in [0.717, 1.165) is 24.1 Å². The van der Waals surface area contributed by atoms with Gasteiger partial charge in [-0.25, -0.2) is 4.39 Å². The summed E-state index contributed by atoms with van der Waals surface area (Å²) in [6, 6.07) is 5.04. The molecule has 2 aromatic rings. The summed E-state index contributed by atoms with van der Waals surface area (Å²) >= 11 is 0. The van der Waals surface area contributed by atoms with Crippen molar-refractivity contribution in [1.82, 2.24) is 15.1 Å². The number of hydrogen-bond acceptors (Lipinski definition) is 3. The number of hydrogen-bond donors (Lipinski definition) is 1. The van der Waals surface area contributed by atoms with Crippen LogP contribution in [0, 0.1) is 5.82 Å². The van der Waals surface area contributed by atoms with Crippen LogP contribution >= 0.6 is 0 Å². The van der Waals surface area contributed by atoms with Crippen molar-refractivity contribution in [1.29, 1.82) is 0 Å². The summed E-state index contributed by atoms with van der Waals surface area (Å²) in [5, 5.41) is 7.37. The fraction of sp³-hybridized carbons (Fsp3) is 0.438. The van der Waals surface area contributed by atoms with E-state index in [4.69, 9.17) is 4.74 Å². The lowest BCUT2D eigenvalue weighted by molar-refractivity contribution is 0.301. The van der Waals surface area contributed by atoms with Gasteiger partial charge in [0.1, 0.15) is 0 Å². The Morgan fingerprint density at radius 1 is 1.38 bits per heavy atom. The predicted octanol–water partition coefficient (Wildman–Crippen LogP) is 2.68. The second-order valence-electron chi connectivity index (χ2n) is 5.03. The van der Waals surface area contributed by atoms with Crippen LogP contribution in [0.3, 0.4) is 0 Å². The minimum Gasteiger partial charge on any atom is -0.490 e. The number of aryl methyl sites for hydroxylation is 1. The number of nitrogens with one attached hydrogen (secondary N) is 1. The van der Waals surface area contributed by atoms with Crippen LogP contribution in [-0.4, -0.2) is 22.9 Å². The minimum absolute atomic E-state index is 0.308. The summed E-state index contributed by atoms with van der Waals surface area (Å²) < 4.78 is 21.3. The summed E-state index contributed by atoms with van der Waals surface area (Å²) in [7, 11) is 1.87. The molecule has 0 saturated heterocycles. The van der Waals surface area contributed by atoms with Crippen LogP contribution < -0.4 is 10.1 Å². The summed E-state index contributed by atoms with van der Waals surface area (Å²) in [6.07, 6.45) is 5.50. The summed E-state index contributed by atoms with van der Waals surface area (Å²) in [5.74, 6) is 0.0435. The van der Waals surface area contributed by atoms with Crippen LogP contribution in [-0.2, 0) is 20.0 Å². The molecule has 2 rings (SSSR count). The molecule has 1 heterocycles. The molecular formula is C16H22FN3O. The minimum atomic E-state index is -0.308. The SMILES string of the molecule is CCCNCc1cccc(F)c1OCCc1cnn(C)c1. The average molecular weight is 291 g/mol. The number of aromatic nitrogens is 2. The highest BCUT2D eigenvalue weighted by atomic mass is 19.1. The van der Waals surface area contributed by atoms with Gasteiger partial charge in [0.2, 0.25) is 0 Å². The second-order valence-corrected chi connectivity index (χ2v) is 5.03. The molecule has 0 atom stereocenters. The quantitative estimate of drug-likeness (QED) is 0.760. The Morgan fingerprint density at radius 2 is 2.24 bits per heavy atom. The first-order valence-electron chi connectivity index (χ1n) is 7.29. The molecule has 0 amide bonds. The van der Waals surface area contributed by atoms with Crippen LogP contribution in [0.15, 0.2) is 30.6 Å². The molecule has 5 heteroatoms. The molecule has 0 aliphatic carbocycles. The van der Waals surface area contributed by atoms with Gasteiger partial charge in [-0.1, -0.05) is 19.1 Å². The number of para-hydroxylation sites is 1. The van der Waals surface area contributed by atoms with Crippen molar-refractivity contribution in [3.63, 3.8) is 0 Å². The Hall–Kier alpha value is -1.88. The maximum atomic E-state index is 13.9. The van der Waals surface area contributed by atoms with Gasteiger partial charge in [-0.05, 0) is 24.6 Å². The molecular weight excluding hydrogens is 269 g/mol. The number of ether oxygens (including phenoxy) is 1. The van der Waals surface area contributed by atoms with Crippen molar-refractivity contribution in [2.45, 2.75) is 26.3 Å². The third-order valence-corrected chi connectivity index (χ3v) is 3.19. The topological polar surface area (TPSA) is 39.1 Å². The van der Waals surface area contributed by atoms with E-state index in [1.165, 1.54) is 6.07 Å². The Bertz CT molecular complexity index is 568. The standard InChI is InChI=1S/C16H22FN3O/c1-3-8-18-11-14-5-4-6-15(17)16(14)21-9-7-13-10-19-20(2)12-13/h4-6,10,12,18H,3,7-9,11H2,1-2H3. The van der Waals surface area contributed by atoms with Crippen LogP contribution in [0.2, 0.25) is 0 Å². The van der Waals surface area contributed by atoms with Gasteiger partial charge in [-0.15, -0.1) is 0 Å². The third kappa shape index (κ3) is 4.56. The fourth-order valence-corrected chi connectivity index (χ4v) is 2.13. The van der Waals surface area contributed by atoms with Gasteiger partial charge in [-0.2, -0.15) is 5.10 Å². The van der Waals surface area contributed by atoms with E-state index in [0.29, 0.717) is 25.3 Å². The smallest absolute Gasteiger partial charge is 0.165 e. The first kappa shape index (κ1) is 15.5. The molecule has 1 aromatic heterocycles. The molecule has 0 aliphatic heterocycles. The first-order valence-corrected chi connectivity index (χ1v) is 7.29. The average Bonchev–Trinajstić information content (AvgIpc) is 2.87. The van der Waals surface area contributed by atoms with E-state index in [2.05, 4.69) is 17.3 Å². The molecule has 0 spiro atoms. The molecule has 4 nitrogen and oxygen atoms in total. The van der Waals surface area contributed by atoms with Gasteiger partial charge >= 0.3 is 0 Å². The van der Waals surface area contributed by atoms with Crippen molar-refractivity contribution in [2.75, 3.05) is 13.2 Å². The molecule has 1 N–H and O–H groups in total. The molecule has 0 aliphatic rings. The molecule has 0 bridgehead atoms. The lowest BCUT2D eigenvalue weighted by Crippen LogP contribution is -2.15. The summed E-state index contributed by atoms with van der Waals surface area (Å²) in [4.78, 5) is 0. The van der Waals surface area contributed by atoms with Crippen molar-refractivity contribution in [3.8, 4) is 5.75 Å². The zero-order valence-electron chi connectivity index (χ0n) is 12.6. The highest BCUT2D eigenvalue weighted by Gasteiger charge is 2.09. The number of nitrogens with zero attached hydrogens (tertiary/aromatic N) is 2. The normalized spacial score (nSPS) is 10.8. The van der Waals surface area contributed by atoms with E-state index in [-0.39, 0.29) is 5.82 Å². The van der Waals surface area contributed by atoms with Crippen molar-refractivity contribution in [2.24, 2.45) is 7.05 Å². The van der Waals surface area contributed by atoms with Gasteiger partial charge in [0, 0.05) is 31.8 Å². The molecule has 1 aromatic carbocycles. The van der Waals surface area contributed by atoms with Gasteiger partial charge < -0.3 is 10.1 Å². The Labute approximate surface area is 124 Å². The molecule has 114 valence electrons. The fourth-order valence-electron chi connectivity index (χ4n) is 2.13.